The Morgan fingerprint density at radius 3 is 2.45 bits per heavy atom. The maximum Gasteiger partial charge on any atom is 0.349 e. The standard InChI is InChI=1S/C33H38N4O4.ClH/c1-2-3-14-30-36-28-20-17-26(35-33(40)34-25-12-8-5-9-13-25)21-29(28)37(30)22-23-15-18-27(19-16-23)41-31(32(38)39)24-10-6-4-7-11-24;/h4,6-7,10-11,15-21,25,31H,2-3,5,8-9,12-14,22H2,1H3,(H,38,39)(H2,34,35,40);1H. The number of imidazole rings is 1. The SMILES string of the molecule is CCCCc1nc2ccc(NC(=O)NC3CCCCC3)cc2n1Cc1ccc(OC(C(=O)O)c2ccccc2)cc1.Cl. The van der Waals surface area contributed by atoms with Gasteiger partial charge in [-0.3, -0.25) is 0 Å². The van der Waals surface area contributed by atoms with E-state index in [0.717, 1.165) is 73.1 Å². The minimum Gasteiger partial charge on any atom is -0.478 e. The Hall–Kier alpha value is -4.04. The van der Waals surface area contributed by atoms with E-state index in [1.54, 1.807) is 24.3 Å². The van der Waals surface area contributed by atoms with Crippen LogP contribution < -0.4 is 15.4 Å². The summed E-state index contributed by atoms with van der Waals surface area (Å²) < 4.78 is 8.04. The highest BCUT2D eigenvalue weighted by molar-refractivity contribution is 5.92. The first-order valence-electron chi connectivity index (χ1n) is 14.6. The van der Waals surface area contributed by atoms with Gasteiger partial charge in [0.25, 0.3) is 0 Å². The number of nitrogens with one attached hydrogen (secondary N) is 2. The van der Waals surface area contributed by atoms with Crippen LogP contribution in [-0.4, -0.2) is 32.7 Å². The van der Waals surface area contributed by atoms with E-state index in [0.29, 0.717) is 17.9 Å². The molecule has 0 aliphatic heterocycles. The fraction of sp³-hybridized carbons (Fsp3) is 0.364. The molecule has 1 unspecified atom stereocenters. The summed E-state index contributed by atoms with van der Waals surface area (Å²) in [5.74, 6) is 0.450. The van der Waals surface area contributed by atoms with Gasteiger partial charge in [0.1, 0.15) is 11.6 Å². The van der Waals surface area contributed by atoms with Crippen LogP contribution in [0.15, 0.2) is 72.8 Å². The van der Waals surface area contributed by atoms with E-state index in [1.807, 2.05) is 48.5 Å². The lowest BCUT2D eigenvalue weighted by atomic mass is 9.96. The molecule has 4 aromatic rings. The molecular formula is C33H39ClN4O4. The number of nitrogens with zero attached hydrogens (tertiary/aromatic N) is 2. The smallest absolute Gasteiger partial charge is 0.349 e. The van der Waals surface area contributed by atoms with Crippen LogP contribution in [0.4, 0.5) is 10.5 Å². The van der Waals surface area contributed by atoms with Gasteiger partial charge in [0.15, 0.2) is 0 Å². The number of carboxylic acid groups (broad SMARTS) is 1. The van der Waals surface area contributed by atoms with Gasteiger partial charge in [0, 0.05) is 30.3 Å². The molecule has 0 saturated heterocycles. The summed E-state index contributed by atoms with van der Waals surface area (Å²) in [6.07, 6.45) is 7.51. The van der Waals surface area contributed by atoms with Crippen LogP contribution in [0, 0.1) is 0 Å². The summed E-state index contributed by atoms with van der Waals surface area (Å²) >= 11 is 0. The normalized spacial score (nSPS) is 14.1. The molecule has 42 heavy (non-hydrogen) atoms. The van der Waals surface area contributed by atoms with E-state index in [9.17, 15) is 14.7 Å². The second kappa shape index (κ2) is 14.7. The summed E-state index contributed by atoms with van der Waals surface area (Å²) in [4.78, 5) is 29.5. The van der Waals surface area contributed by atoms with Crippen molar-refractivity contribution in [3.05, 3.63) is 89.7 Å². The topological polar surface area (TPSA) is 105 Å². The quantitative estimate of drug-likeness (QED) is 0.168. The number of anilines is 1. The molecule has 1 aliphatic carbocycles. The maximum atomic E-state index is 12.7. The molecule has 222 valence electrons. The second-order valence-electron chi connectivity index (χ2n) is 10.7. The van der Waals surface area contributed by atoms with Gasteiger partial charge in [-0.2, -0.15) is 0 Å². The minimum atomic E-state index is -1.08. The van der Waals surface area contributed by atoms with Crippen LogP contribution >= 0.6 is 12.4 Å². The fourth-order valence-electron chi connectivity index (χ4n) is 5.43. The predicted molar refractivity (Wildman–Crippen MR) is 168 cm³/mol. The number of rotatable bonds is 11. The zero-order valence-electron chi connectivity index (χ0n) is 23.9. The van der Waals surface area contributed by atoms with E-state index < -0.39 is 12.1 Å². The van der Waals surface area contributed by atoms with Crippen molar-refractivity contribution in [1.82, 2.24) is 14.9 Å². The molecule has 1 heterocycles. The van der Waals surface area contributed by atoms with Crippen LogP contribution in [-0.2, 0) is 17.8 Å². The van der Waals surface area contributed by atoms with Gasteiger partial charge < -0.3 is 25.0 Å². The van der Waals surface area contributed by atoms with Crippen LogP contribution in [0.3, 0.4) is 0 Å². The highest BCUT2D eigenvalue weighted by Crippen LogP contribution is 2.26. The zero-order chi connectivity index (χ0) is 28.6. The number of carboxylic acids is 1. The van der Waals surface area contributed by atoms with Gasteiger partial charge in [0.2, 0.25) is 6.10 Å². The van der Waals surface area contributed by atoms with Gasteiger partial charge in [0.05, 0.1) is 11.0 Å². The number of ether oxygens (including phenoxy) is 1. The third-order valence-corrected chi connectivity index (χ3v) is 7.62. The Bertz CT molecular complexity index is 1470. The first kappa shape index (κ1) is 30.9. The van der Waals surface area contributed by atoms with Crippen molar-refractivity contribution in [2.45, 2.75) is 77.0 Å². The summed E-state index contributed by atoms with van der Waals surface area (Å²) in [6.45, 7) is 2.76. The predicted octanol–water partition coefficient (Wildman–Crippen LogP) is 7.51. The molecule has 3 N–H and O–H groups in total. The van der Waals surface area contributed by atoms with Crippen LogP contribution in [0.1, 0.15) is 74.9 Å². The maximum absolute atomic E-state index is 12.7. The van der Waals surface area contributed by atoms with Crippen molar-refractivity contribution >= 4 is 41.1 Å². The molecule has 3 aromatic carbocycles. The number of aliphatic carboxylic acids is 1. The number of hydrogen-bond acceptors (Lipinski definition) is 4. The zero-order valence-corrected chi connectivity index (χ0v) is 24.7. The molecule has 0 radical (unpaired) electrons. The van der Waals surface area contributed by atoms with Gasteiger partial charge in [-0.1, -0.05) is 75.1 Å². The number of carbonyl (C=O) groups is 2. The van der Waals surface area contributed by atoms with Crippen LogP contribution in [0.25, 0.3) is 11.0 Å². The first-order chi connectivity index (χ1) is 20.0. The molecule has 1 saturated carbocycles. The molecule has 2 amide bonds. The van der Waals surface area contributed by atoms with E-state index in [-0.39, 0.29) is 24.5 Å². The number of amides is 2. The average molecular weight is 591 g/mol. The molecule has 1 aliphatic rings. The van der Waals surface area contributed by atoms with E-state index in [2.05, 4.69) is 22.1 Å². The van der Waals surface area contributed by atoms with E-state index in [1.165, 1.54) is 6.42 Å². The van der Waals surface area contributed by atoms with Gasteiger partial charge in [-0.25, -0.2) is 14.6 Å². The lowest BCUT2D eigenvalue weighted by Crippen LogP contribution is -2.39. The van der Waals surface area contributed by atoms with Crippen LogP contribution in [0.5, 0.6) is 5.75 Å². The van der Waals surface area contributed by atoms with Crippen molar-refractivity contribution in [3.8, 4) is 5.75 Å². The number of hydrogen-bond donors (Lipinski definition) is 3. The van der Waals surface area contributed by atoms with Crippen molar-refractivity contribution in [3.63, 3.8) is 0 Å². The van der Waals surface area contributed by atoms with Crippen molar-refractivity contribution < 1.29 is 19.4 Å². The highest BCUT2D eigenvalue weighted by atomic mass is 35.5. The van der Waals surface area contributed by atoms with Gasteiger partial charge >= 0.3 is 12.0 Å². The average Bonchev–Trinajstić information content (AvgIpc) is 3.32. The number of fused-ring (bicyclic) bond motifs is 1. The molecule has 1 atom stereocenters. The number of carbonyl (C=O) groups excluding carboxylic acids is 1. The Labute approximate surface area is 252 Å². The Kier molecular flexibility index (Phi) is 10.8. The number of unbranched alkanes of at least 4 members (excludes halogenated alkanes) is 1. The second-order valence-corrected chi connectivity index (χ2v) is 10.7. The molecule has 9 heteroatoms. The fourth-order valence-corrected chi connectivity index (χ4v) is 5.43. The summed E-state index contributed by atoms with van der Waals surface area (Å²) in [5, 5.41) is 15.8. The molecule has 1 aromatic heterocycles. The van der Waals surface area contributed by atoms with Crippen molar-refractivity contribution in [2.75, 3.05) is 5.32 Å². The number of halogens is 1. The highest BCUT2D eigenvalue weighted by Gasteiger charge is 2.22. The number of benzene rings is 3. The first-order valence-corrected chi connectivity index (χ1v) is 14.6. The molecule has 0 spiro atoms. The largest absolute Gasteiger partial charge is 0.478 e. The van der Waals surface area contributed by atoms with E-state index in [4.69, 9.17) is 9.72 Å². The minimum absolute atomic E-state index is 0. The molecule has 1 fully saturated rings. The van der Waals surface area contributed by atoms with Crippen LogP contribution in [0.2, 0.25) is 0 Å². The molecule has 8 nitrogen and oxygen atoms in total. The van der Waals surface area contributed by atoms with Gasteiger partial charge in [-0.05, 0) is 55.2 Å². The summed E-state index contributed by atoms with van der Waals surface area (Å²) in [6, 6.07) is 22.4. The van der Waals surface area contributed by atoms with Crippen molar-refractivity contribution in [1.29, 1.82) is 0 Å². The van der Waals surface area contributed by atoms with E-state index >= 15 is 0 Å². The lowest BCUT2D eigenvalue weighted by molar-refractivity contribution is -0.145. The summed E-state index contributed by atoms with van der Waals surface area (Å²) in [7, 11) is 0. The number of aryl methyl sites for hydroxylation is 1. The number of urea groups is 1. The number of aromatic nitrogens is 2. The van der Waals surface area contributed by atoms with Gasteiger partial charge in [-0.15, -0.1) is 12.4 Å². The molecular weight excluding hydrogens is 552 g/mol. The third kappa shape index (κ3) is 7.82. The monoisotopic (exact) mass is 590 g/mol. The Morgan fingerprint density at radius 2 is 1.76 bits per heavy atom. The van der Waals surface area contributed by atoms with Crippen molar-refractivity contribution in [2.24, 2.45) is 0 Å². The third-order valence-electron chi connectivity index (χ3n) is 7.62. The molecule has 0 bridgehead atoms. The summed E-state index contributed by atoms with van der Waals surface area (Å²) in [5.41, 5.74) is 4.21. The lowest BCUT2D eigenvalue weighted by Gasteiger charge is -2.22. The molecule has 5 rings (SSSR count). The Morgan fingerprint density at radius 1 is 1.02 bits per heavy atom. The Balaban J connectivity index is 0.00000405.